The second-order valence-electron chi connectivity index (χ2n) is 6.58. The van der Waals surface area contributed by atoms with Crippen LogP contribution in [0.2, 0.25) is 0 Å². The number of carbonyl (C=O) groups is 1. The normalized spacial score (nSPS) is 17.0. The molecule has 1 aromatic rings. The molecule has 0 heterocycles. The Morgan fingerprint density at radius 2 is 2.09 bits per heavy atom. The number of amides is 1. The molecule has 0 atom stereocenters. The first-order valence-electron chi connectivity index (χ1n) is 8.31. The van der Waals surface area contributed by atoms with Gasteiger partial charge in [0.05, 0.1) is 6.61 Å². The van der Waals surface area contributed by atoms with Crippen LogP contribution in [0.1, 0.15) is 49.7 Å². The van der Waals surface area contributed by atoms with Gasteiger partial charge in [-0.25, -0.2) is 4.39 Å². The SMILES string of the molecule is COCc1cc(CNC(=O)CC2(CN)CCCCC2)ccc1F. The van der Waals surface area contributed by atoms with Gasteiger partial charge in [0.25, 0.3) is 0 Å². The minimum absolute atomic E-state index is 0.0231. The molecule has 5 heteroatoms. The molecule has 0 spiro atoms. The van der Waals surface area contributed by atoms with Crippen LogP contribution in [0.4, 0.5) is 4.39 Å². The van der Waals surface area contributed by atoms with E-state index in [4.69, 9.17) is 10.5 Å². The van der Waals surface area contributed by atoms with Crippen molar-refractivity contribution in [3.63, 3.8) is 0 Å². The van der Waals surface area contributed by atoms with Gasteiger partial charge in [0, 0.05) is 25.6 Å². The molecule has 0 aromatic heterocycles. The van der Waals surface area contributed by atoms with Crippen molar-refractivity contribution in [1.82, 2.24) is 5.32 Å². The molecule has 0 unspecified atom stereocenters. The van der Waals surface area contributed by atoms with E-state index in [0.29, 0.717) is 25.1 Å². The number of hydrogen-bond donors (Lipinski definition) is 2. The summed E-state index contributed by atoms with van der Waals surface area (Å²) in [6, 6.07) is 4.84. The van der Waals surface area contributed by atoms with Crippen LogP contribution in [0.15, 0.2) is 18.2 Å². The summed E-state index contributed by atoms with van der Waals surface area (Å²) in [5, 5.41) is 2.94. The summed E-state index contributed by atoms with van der Waals surface area (Å²) in [7, 11) is 1.53. The number of hydrogen-bond acceptors (Lipinski definition) is 3. The van der Waals surface area contributed by atoms with Crippen LogP contribution in [-0.2, 0) is 22.7 Å². The Balaban J connectivity index is 1.90. The number of methoxy groups -OCH3 is 1. The highest BCUT2D eigenvalue weighted by Crippen LogP contribution is 2.38. The van der Waals surface area contributed by atoms with Gasteiger partial charge in [-0.1, -0.05) is 25.3 Å². The third-order valence-corrected chi connectivity index (χ3v) is 4.78. The largest absolute Gasteiger partial charge is 0.380 e. The van der Waals surface area contributed by atoms with Crippen molar-refractivity contribution in [2.75, 3.05) is 13.7 Å². The van der Waals surface area contributed by atoms with Crippen LogP contribution in [0.5, 0.6) is 0 Å². The molecule has 128 valence electrons. The van der Waals surface area contributed by atoms with E-state index in [9.17, 15) is 9.18 Å². The number of nitrogens with two attached hydrogens (primary N) is 1. The highest BCUT2D eigenvalue weighted by Gasteiger charge is 2.32. The standard InChI is InChI=1S/C18H27FN2O2/c1-23-12-15-9-14(5-6-16(15)19)11-21-17(22)10-18(13-20)7-3-2-4-8-18/h5-6,9H,2-4,7-8,10-13,20H2,1H3,(H,21,22). The van der Waals surface area contributed by atoms with Crippen LogP contribution in [0, 0.1) is 11.2 Å². The van der Waals surface area contributed by atoms with Crippen LogP contribution in [-0.4, -0.2) is 19.6 Å². The summed E-state index contributed by atoms with van der Waals surface area (Å²) in [4.78, 5) is 12.3. The van der Waals surface area contributed by atoms with Crippen LogP contribution in [0.25, 0.3) is 0 Å². The van der Waals surface area contributed by atoms with Crippen molar-refractivity contribution in [1.29, 1.82) is 0 Å². The van der Waals surface area contributed by atoms with Gasteiger partial charge < -0.3 is 15.8 Å². The second-order valence-corrected chi connectivity index (χ2v) is 6.58. The van der Waals surface area contributed by atoms with Crippen molar-refractivity contribution < 1.29 is 13.9 Å². The monoisotopic (exact) mass is 322 g/mol. The first-order valence-corrected chi connectivity index (χ1v) is 8.31. The topological polar surface area (TPSA) is 64.3 Å². The molecule has 4 nitrogen and oxygen atoms in total. The van der Waals surface area contributed by atoms with E-state index in [-0.39, 0.29) is 23.7 Å². The Morgan fingerprint density at radius 1 is 1.35 bits per heavy atom. The lowest BCUT2D eigenvalue weighted by Crippen LogP contribution is -2.38. The summed E-state index contributed by atoms with van der Waals surface area (Å²) in [5.41, 5.74) is 7.27. The number of ether oxygens (including phenoxy) is 1. The lowest BCUT2D eigenvalue weighted by Gasteiger charge is -2.35. The second kappa shape index (κ2) is 8.41. The maximum atomic E-state index is 13.6. The Morgan fingerprint density at radius 3 is 2.74 bits per heavy atom. The summed E-state index contributed by atoms with van der Waals surface area (Å²) >= 11 is 0. The third kappa shape index (κ3) is 5.01. The predicted octanol–water partition coefficient (Wildman–Crippen LogP) is 2.89. The van der Waals surface area contributed by atoms with E-state index in [0.717, 1.165) is 31.2 Å². The van der Waals surface area contributed by atoms with Gasteiger partial charge in [-0.05, 0) is 42.5 Å². The molecule has 1 amide bonds. The van der Waals surface area contributed by atoms with Gasteiger partial charge in [-0.15, -0.1) is 0 Å². The number of rotatable bonds is 7. The molecular weight excluding hydrogens is 295 g/mol. The zero-order chi connectivity index (χ0) is 16.7. The Bertz CT molecular complexity index is 528. The number of halogens is 1. The molecule has 0 saturated heterocycles. The molecule has 1 aromatic carbocycles. The number of carbonyl (C=O) groups excluding carboxylic acids is 1. The molecule has 1 aliphatic carbocycles. The predicted molar refractivity (Wildman–Crippen MR) is 88.1 cm³/mol. The van der Waals surface area contributed by atoms with Crippen molar-refractivity contribution in [2.45, 2.75) is 51.7 Å². The summed E-state index contributed by atoms with van der Waals surface area (Å²) in [6.07, 6.45) is 6.10. The van der Waals surface area contributed by atoms with E-state index in [1.54, 1.807) is 12.1 Å². The number of nitrogens with one attached hydrogen (secondary N) is 1. The van der Waals surface area contributed by atoms with E-state index < -0.39 is 0 Å². The third-order valence-electron chi connectivity index (χ3n) is 4.78. The van der Waals surface area contributed by atoms with E-state index in [2.05, 4.69) is 5.32 Å². The summed E-state index contributed by atoms with van der Waals surface area (Å²) < 4.78 is 18.6. The molecule has 3 N–H and O–H groups in total. The maximum Gasteiger partial charge on any atom is 0.220 e. The van der Waals surface area contributed by atoms with Gasteiger partial charge in [0.15, 0.2) is 0 Å². The van der Waals surface area contributed by atoms with E-state index in [1.807, 2.05) is 0 Å². The fourth-order valence-electron chi connectivity index (χ4n) is 3.36. The van der Waals surface area contributed by atoms with Crippen molar-refractivity contribution in [2.24, 2.45) is 11.1 Å². The molecular formula is C18H27FN2O2. The van der Waals surface area contributed by atoms with Crippen molar-refractivity contribution in [3.8, 4) is 0 Å². The minimum Gasteiger partial charge on any atom is -0.380 e. The van der Waals surface area contributed by atoms with E-state index >= 15 is 0 Å². The van der Waals surface area contributed by atoms with Gasteiger partial charge in [-0.3, -0.25) is 4.79 Å². The minimum atomic E-state index is -0.286. The fourth-order valence-corrected chi connectivity index (χ4v) is 3.36. The maximum absolute atomic E-state index is 13.6. The quantitative estimate of drug-likeness (QED) is 0.811. The lowest BCUT2D eigenvalue weighted by atomic mass is 9.71. The highest BCUT2D eigenvalue weighted by atomic mass is 19.1. The molecule has 23 heavy (non-hydrogen) atoms. The highest BCUT2D eigenvalue weighted by molar-refractivity contribution is 5.76. The van der Waals surface area contributed by atoms with Gasteiger partial charge in [0.2, 0.25) is 5.91 Å². The number of benzene rings is 1. The summed E-state index contributed by atoms with van der Waals surface area (Å²) in [5.74, 6) is -0.263. The first kappa shape index (κ1) is 17.9. The first-order chi connectivity index (χ1) is 11.1. The van der Waals surface area contributed by atoms with Gasteiger partial charge in [-0.2, -0.15) is 0 Å². The lowest BCUT2D eigenvalue weighted by molar-refractivity contribution is -0.124. The fraction of sp³-hybridized carbons (Fsp3) is 0.611. The zero-order valence-corrected chi connectivity index (χ0v) is 13.9. The van der Waals surface area contributed by atoms with Crippen molar-refractivity contribution >= 4 is 5.91 Å². The Hall–Kier alpha value is -1.46. The van der Waals surface area contributed by atoms with Gasteiger partial charge >= 0.3 is 0 Å². The van der Waals surface area contributed by atoms with Gasteiger partial charge in [0.1, 0.15) is 5.82 Å². The molecule has 1 saturated carbocycles. The smallest absolute Gasteiger partial charge is 0.220 e. The molecule has 0 aliphatic heterocycles. The van der Waals surface area contributed by atoms with Crippen LogP contribution >= 0.6 is 0 Å². The molecule has 0 radical (unpaired) electrons. The molecule has 1 fully saturated rings. The Kier molecular flexibility index (Phi) is 6.54. The van der Waals surface area contributed by atoms with Crippen LogP contribution in [0.3, 0.4) is 0 Å². The molecule has 2 rings (SSSR count). The summed E-state index contributed by atoms with van der Waals surface area (Å²) in [6.45, 7) is 1.19. The average molecular weight is 322 g/mol. The molecule has 0 bridgehead atoms. The Labute approximate surface area is 137 Å². The van der Waals surface area contributed by atoms with Crippen LogP contribution < -0.4 is 11.1 Å². The van der Waals surface area contributed by atoms with Crippen molar-refractivity contribution in [3.05, 3.63) is 35.1 Å². The zero-order valence-electron chi connectivity index (χ0n) is 13.9. The van der Waals surface area contributed by atoms with E-state index in [1.165, 1.54) is 19.6 Å². The average Bonchev–Trinajstić information content (AvgIpc) is 2.56. The molecule has 1 aliphatic rings.